The first kappa shape index (κ1) is 15.5. The minimum Gasteiger partial charge on any atom is -0.271 e. The number of nitrogens with zero attached hydrogens (tertiary/aromatic N) is 1. The highest BCUT2D eigenvalue weighted by atomic mass is 127. The molecule has 1 unspecified atom stereocenters. The molecule has 0 bridgehead atoms. The van der Waals surface area contributed by atoms with Gasteiger partial charge in [0.25, 0.3) is 0 Å². The Kier molecular flexibility index (Phi) is 5.13. The second-order valence-electron chi connectivity index (χ2n) is 4.84. The molecule has 0 saturated carbocycles. The van der Waals surface area contributed by atoms with Gasteiger partial charge >= 0.3 is 10.2 Å². The number of anilines is 1. The van der Waals surface area contributed by atoms with Crippen molar-refractivity contribution < 1.29 is 8.42 Å². The molecule has 1 atom stereocenters. The van der Waals surface area contributed by atoms with Crippen LogP contribution in [-0.2, 0) is 10.2 Å². The van der Waals surface area contributed by atoms with Crippen molar-refractivity contribution in [3.63, 3.8) is 0 Å². The number of rotatable bonds is 3. The van der Waals surface area contributed by atoms with E-state index in [-0.39, 0.29) is 0 Å². The van der Waals surface area contributed by atoms with Crippen molar-refractivity contribution in [3.8, 4) is 0 Å². The highest BCUT2D eigenvalue weighted by molar-refractivity contribution is 14.1. The van der Waals surface area contributed by atoms with Crippen LogP contribution in [0.15, 0.2) is 22.7 Å². The minimum atomic E-state index is -3.43. The summed E-state index contributed by atoms with van der Waals surface area (Å²) < 4.78 is 30.7. The fraction of sp³-hybridized carbons (Fsp3) is 0.500. The Labute approximate surface area is 136 Å². The van der Waals surface area contributed by atoms with Gasteiger partial charge in [-0.3, -0.25) is 4.72 Å². The first-order chi connectivity index (χ1) is 8.88. The van der Waals surface area contributed by atoms with Crippen LogP contribution in [0.4, 0.5) is 5.69 Å². The third-order valence-electron chi connectivity index (χ3n) is 3.13. The molecule has 1 saturated heterocycles. The summed E-state index contributed by atoms with van der Waals surface area (Å²) in [5.41, 5.74) is 0.603. The minimum absolute atomic E-state index is 0.426. The van der Waals surface area contributed by atoms with E-state index in [4.69, 9.17) is 0 Å². The Balaban J connectivity index is 2.14. The summed E-state index contributed by atoms with van der Waals surface area (Å²) in [4.78, 5) is 0. The van der Waals surface area contributed by atoms with Gasteiger partial charge in [0.2, 0.25) is 0 Å². The molecule has 1 heterocycles. The van der Waals surface area contributed by atoms with Crippen LogP contribution in [0.1, 0.15) is 19.8 Å². The summed E-state index contributed by atoms with van der Waals surface area (Å²) in [6, 6.07) is 5.42. The van der Waals surface area contributed by atoms with Gasteiger partial charge in [-0.25, -0.2) is 0 Å². The molecule has 0 spiro atoms. The molecular weight excluding hydrogens is 443 g/mol. The van der Waals surface area contributed by atoms with E-state index in [0.29, 0.717) is 24.7 Å². The van der Waals surface area contributed by atoms with Crippen LogP contribution in [0.5, 0.6) is 0 Å². The molecule has 1 aliphatic rings. The fourth-order valence-corrected chi connectivity index (χ4v) is 4.27. The molecule has 0 aliphatic carbocycles. The van der Waals surface area contributed by atoms with E-state index in [0.717, 1.165) is 20.9 Å². The summed E-state index contributed by atoms with van der Waals surface area (Å²) in [5, 5.41) is 0. The van der Waals surface area contributed by atoms with Crippen LogP contribution in [0.2, 0.25) is 0 Å². The molecule has 1 N–H and O–H groups in total. The Morgan fingerprint density at radius 3 is 2.84 bits per heavy atom. The molecule has 2 rings (SSSR count). The molecular formula is C12H16BrIN2O2S. The molecule has 1 aliphatic heterocycles. The maximum Gasteiger partial charge on any atom is 0.301 e. The largest absolute Gasteiger partial charge is 0.301 e. The van der Waals surface area contributed by atoms with Crippen LogP contribution >= 0.6 is 38.5 Å². The lowest BCUT2D eigenvalue weighted by atomic mass is 10.0. The predicted molar refractivity (Wildman–Crippen MR) is 89.4 cm³/mol. The number of benzene rings is 1. The average molecular weight is 459 g/mol. The second-order valence-corrected chi connectivity index (χ2v) is 8.53. The Bertz CT molecular complexity index is 565. The first-order valence-corrected chi connectivity index (χ1v) is 9.42. The van der Waals surface area contributed by atoms with E-state index in [1.807, 2.05) is 12.1 Å². The van der Waals surface area contributed by atoms with Gasteiger partial charge in [-0.1, -0.05) is 6.92 Å². The van der Waals surface area contributed by atoms with Crippen LogP contribution < -0.4 is 4.72 Å². The topological polar surface area (TPSA) is 49.4 Å². The van der Waals surface area contributed by atoms with Gasteiger partial charge < -0.3 is 0 Å². The maximum atomic E-state index is 12.3. The average Bonchev–Trinajstić information content (AvgIpc) is 2.33. The molecule has 0 aromatic heterocycles. The molecule has 0 radical (unpaired) electrons. The van der Waals surface area contributed by atoms with Crippen molar-refractivity contribution >= 4 is 54.4 Å². The second kappa shape index (κ2) is 6.28. The molecule has 19 heavy (non-hydrogen) atoms. The van der Waals surface area contributed by atoms with Crippen molar-refractivity contribution in [1.82, 2.24) is 4.31 Å². The third-order valence-corrected chi connectivity index (χ3v) is 6.96. The Morgan fingerprint density at radius 2 is 2.21 bits per heavy atom. The van der Waals surface area contributed by atoms with E-state index >= 15 is 0 Å². The Hall–Kier alpha value is 0.140. The maximum absolute atomic E-state index is 12.3. The summed E-state index contributed by atoms with van der Waals surface area (Å²) >= 11 is 5.56. The molecule has 0 amide bonds. The number of hydrogen-bond acceptors (Lipinski definition) is 2. The molecule has 1 aromatic carbocycles. The fourth-order valence-electron chi connectivity index (χ4n) is 2.14. The third kappa shape index (κ3) is 4.05. The van der Waals surface area contributed by atoms with Gasteiger partial charge in [0, 0.05) is 21.1 Å². The van der Waals surface area contributed by atoms with E-state index in [9.17, 15) is 8.42 Å². The van der Waals surface area contributed by atoms with Crippen molar-refractivity contribution in [3.05, 3.63) is 26.2 Å². The zero-order chi connectivity index (χ0) is 14.0. The lowest BCUT2D eigenvalue weighted by Gasteiger charge is -2.30. The van der Waals surface area contributed by atoms with E-state index in [1.165, 1.54) is 4.31 Å². The highest BCUT2D eigenvalue weighted by Gasteiger charge is 2.26. The predicted octanol–water partition coefficient (Wildman–Crippen LogP) is 3.44. The van der Waals surface area contributed by atoms with Crippen molar-refractivity contribution in [2.24, 2.45) is 5.92 Å². The van der Waals surface area contributed by atoms with Gasteiger partial charge in [0.05, 0.1) is 5.69 Å². The van der Waals surface area contributed by atoms with Crippen molar-refractivity contribution in [2.75, 3.05) is 17.8 Å². The zero-order valence-electron chi connectivity index (χ0n) is 10.6. The van der Waals surface area contributed by atoms with E-state index < -0.39 is 10.2 Å². The monoisotopic (exact) mass is 458 g/mol. The number of halogens is 2. The molecule has 7 heteroatoms. The molecule has 1 fully saturated rings. The van der Waals surface area contributed by atoms with Gasteiger partial charge in [-0.2, -0.15) is 12.7 Å². The lowest BCUT2D eigenvalue weighted by Crippen LogP contribution is -2.42. The summed E-state index contributed by atoms with van der Waals surface area (Å²) in [7, 11) is -3.43. The van der Waals surface area contributed by atoms with Crippen LogP contribution in [0.25, 0.3) is 0 Å². The molecule has 4 nitrogen and oxygen atoms in total. The van der Waals surface area contributed by atoms with Crippen LogP contribution in [0, 0.1) is 9.49 Å². The van der Waals surface area contributed by atoms with E-state index in [1.54, 1.807) is 6.07 Å². The van der Waals surface area contributed by atoms with Gasteiger partial charge in [-0.05, 0) is 75.5 Å². The summed E-state index contributed by atoms with van der Waals surface area (Å²) in [5.74, 6) is 0.426. The molecule has 106 valence electrons. The van der Waals surface area contributed by atoms with Crippen molar-refractivity contribution in [1.29, 1.82) is 0 Å². The Morgan fingerprint density at radius 1 is 1.47 bits per heavy atom. The quantitative estimate of drug-likeness (QED) is 0.705. The smallest absolute Gasteiger partial charge is 0.271 e. The summed E-state index contributed by atoms with van der Waals surface area (Å²) in [6.45, 7) is 3.29. The number of hydrogen-bond donors (Lipinski definition) is 1. The SMILES string of the molecule is CC1CCCN(S(=O)(=O)Nc2ccc(Br)c(I)c2)C1. The standard InChI is InChI=1S/C12H16BrIN2O2S/c1-9-3-2-6-16(8-9)19(17,18)15-10-4-5-11(13)12(14)7-10/h4-5,7,9,15H,2-3,6,8H2,1H3. The van der Waals surface area contributed by atoms with Gasteiger partial charge in [0.1, 0.15) is 0 Å². The summed E-state index contributed by atoms with van der Waals surface area (Å²) in [6.07, 6.45) is 2.03. The van der Waals surface area contributed by atoms with Crippen molar-refractivity contribution in [2.45, 2.75) is 19.8 Å². The number of nitrogens with one attached hydrogen (secondary N) is 1. The van der Waals surface area contributed by atoms with E-state index in [2.05, 4.69) is 50.2 Å². The van der Waals surface area contributed by atoms with Crippen LogP contribution in [0.3, 0.4) is 0 Å². The number of piperidine rings is 1. The lowest BCUT2D eigenvalue weighted by molar-refractivity contribution is 0.282. The van der Waals surface area contributed by atoms with Crippen LogP contribution in [-0.4, -0.2) is 25.8 Å². The molecule has 1 aromatic rings. The first-order valence-electron chi connectivity index (χ1n) is 6.11. The normalized spacial score (nSPS) is 21.3. The highest BCUT2D eigenvalue weighted by Crippen LogP contribution is 2.25. The zero-order valence-corrected chi connectivity index (χ0v) is 15.1. The van der Waals surface area contributed by atoms with Gasteiger partial charge in [-0.15, -0.1) is 0 Å². The van der Waals surface area contributed by atoms with Gasteiger partial charge in [0.15, 0.2) is 0 Å².